The number of hydrogen-bond donors (Lipinski definition) is 1. The number of nitrogens with zero attached hydrogens (tertiary/aromatic N) is 2. The van der Waals surface area contributed by atoms with Gasteiger partial charge in [-0.25, -0.2) is 4.98 Å². The molecular weight excluding hydrogens is 302 g/mol. The Kier molecular flexibility index (Phi) is 5.91. The lowest BCUT2D eigenvalue weighted by atomic mass is 10.1. The summed E-state index contributed by atoms with van der Waals surface area (Å²) in [4.78, 5) is 8.32. The normalized spacial score (nSPS) is 15.6. The molecule has 1 aliphatic heterocycles. The predicted octanol–water partition coefficient (Wildman–Crippen LogP) is 3.58. The summed E-state index contributed by atoms with van der Waals surface area (Å²) >= 11 is 1.70. The first-order valence-electron chi connectivity index (χ1n) is 7.02. The Hall–Kier alpha value is -1.23. The molecule has 3 nitrogen and oxygen atoms in total. The predicted molar refractivity (Wildman–Crippen MR) is 91.5 cm³/mol. The smallest absolute Gasteiger partial charge is 0.129 e. The summed E-state index contributed by atoms with van der Waals surface area (Å²) in [6.45, 7) is 2.02. The molecule has 0 atom stereocenters. The zero-order valence-corrected chi connectivity index (χ0v) is 13.4. The van der Waals surface area contributed by atoms with Crippen molar-refractivity contribution in [3.8, 4) is 0 Å². The fourth-order valence-corrected chi connectivity index (χ4v) is 3.20. The first-order valence-corrected chi connectivity index (χ1v) is 7.83. The third-order valence-corrected chi connectivity index (χ3v) is 4.48. The van der Waals surface area contributed by atoms with Crippen LogP contribution in [0.3, 0.4) is 0 Å². The van der Waals surface area contributed by atoms with E-state index < -0.39 is 0 Å². The Morgan fingerprint density at radius 3 is 2.43 bits per heavy atom. The Balaban J connectivity index is 0.00000161. The Bertz CT molecular complexity index is 556. The highest BCUT2D eigenvalue weighted by molar-refractivity contribution is 7.99. The molecule has 1 fully saturated rings. The maximum Gasteiger partial charge on any atom is 0.129 e. The monoisotopic (exact) mass is 321 g/mol. The van der Waals surface area contributed by atoms with Crippen molar-refractivity contribution in [1.82, 2.24) is 4.98 Å². The largest absolute Gasteiger partial charge is 0.356 e. The molecule has 21 heavy (non-hydrogen) atoms. The molecule has 0 saturated carbocycles. The summed E-state index contributed by atoms with van der Waals surface area (Å²) < 4.78 is 0. The van der Waals surface area contributed by atoms with Crippen LogP contribution in [-0.2, 0) is 0 Å². The van der Waals surface area contributed by atoms with Gasteiger partial charge < -0.3 is 10.6 Å². The molecule has 2 aromatic rings. The van der Waals surface area contributed by atoms with E-state index in [1.54, 1.807) is 11.8 Å². The summed E-state index contributed by atoms with van der Waals surface area (Å²) in [6, 6.07) is 17.0. The minimum absolute atomic E-state index is 0. The molecule has 1 aliphatic rings. The second-order valence-corrected chi connectivity index (χ2v) is 6.17. The van der Waals surface area contributed by atoms with Crippen molar-refractivity contribution in [2.75, 3.05) is 18.0 Å². The van der Waals surface area contributed by atoms with Gasteiger partial charge in [-0.1, -0.05) is 36.0 Å². The molecule has 3 rings (SSSR count). The number of rotatable bonds is 3. The van der Waals surface area contributed by atoms with Crippen LogP contribution < -0.4 is 10.6 Å². The van der Waals surface area contributed by atoms with Crippen molar-refractivity contribution in [1.29, 1.82) is 0 Å². The van der Waals surface area contributed by atoms with Crippen LogP contribution in [0, 0.1) is 0 Å². The topological polar surface area (TPSA) is 42.1 Å². The SMILES string of the molecule is Cl.NC1CCN(c2cccc(Sc3ccccc3)n2)CC1. The van der Waals surface area contributed by atoms with Crippen LogP contribution in [0.5, 0.6) is 0 Å². The van der Waals surface area contributed by atoms with E-state index in [0.717, 1.165) is 36.8 Å². The van der Waals surface area contributed by atoms with Gasteiger partial charge in [0, 0.05) is 24.0 Å². The molecule has 1 aromatic carbocycles. The van der Waals surface area contributed by atoms with E-state index >= 15 is 0 Å². The van der Waals surface area contributed by atoms with Gasteiger partial charge in [-0.15, -0.1) is 12.4 Å². The molecule has 1 saturated heterocycles. The molecule has 1 aromatic heterocycles. The Morgan fingerprint density at radius 2 is 1.71 bits per heavy atom. The fourth-order valence-electron chi connectivity index (χ4n) is 2.37. The van der Waals surface area contributed by atoms with Crippen LogP contribution in [0.25, 0.3) is 0 Å². The molecule has 2 heterocycles. The van der Waals surface area contributed by atoms with Gasteiger partial charge in [-0.3, -0.25) is 0 Å². The summed E-state index contributed by atoms with van der Waals surface area (Å²) in [6.07, 6.45) is 2.11. The van der Waals surface area contributed by atoms with E-state index in [1.807, 2.05) is 6.07 Å². The van der Waals surface area contributed by atoms with Crippen LogP contribution in [-0.4, -0.2) is 24.1 Å². The number of halogens is 1. The highest BCUT2D eigenvalue weighted by atomic mass is 35.5. The molecule has 0 aliphatic carbocycles. The average Bonchev–Trinajstić information content (AvgIpc) is 2.49. The van der Waals surface area contributed by atoms with Crippen LogP contribution in [0.15, 0.2) is 58.5 Å². The number of aromatic nitrogens is 1. The molecule has 2 N–H and O–H groups in total. The highest BCUT2D eigenvalue weighted by Gasteiger charge is 2.17. The number of piperidine rings is 1. The van der Waals surface area contributed by atoms with E-state index in [0.29, 0.717) is 6.04 Å². The molecule has 0 bridgehead atoms. The lowest BCUT2D eigenvalue weighted by molar-refractivity contribution is 0.498. The first-order chi connectivity index (χ1) is 9.81. The van der Waals surface area contributed by atoms with Gasteiger partial charge in [0.05, 0.1) is 0 Å². The molecule has 112 valence electrons. The van der Waals surface area contributed by atoms with Crippen molar-refractivity contribution in [2.45, 2.75) is 28.8 Å². The van der Waals surface area contributed by atoms with Gasteiger partial charge in [0.15, 0.2) is 0 Å². The fraction of sp³-hybridized carbons (Fsp3) is 0.312. The van der Waals surface area contributed by atoms with Gasteiger partial charge in [0.1, 0.15) is 10.8 Å². The van der Waals surface area contributed by atoms with Crippen LogP contribution >= 0.6 is 24.2 Å². The van der Waals surface area contributed by atoms with Gasteiger partial charge >= 0.3 is 0 Å². The molecule has 5 heteroatoms. The number of pyridine rings is 1. The minimum Gasteiger partial charge on any atom is -0.356 e. The van der Waals surface area contributed by atoms with Crippen molar-refractivity contribution in [2.24, 2.45) is 5.73 Å². The number of hydrogen-bond acceptors (Lipinski definition) is 4. The van der Waals surface area contributed by atoms with E-state index in [-0.39, 0.29) is 12.4 Å². The molecule has 0 radical (unpaired) electrons. The molecule has 0 spiro atoms. The second kappa shape index (κ2) is 7.69. The third-order valence-electron chi connectivity index (χ3n) is 3.54. The van der Waals surface area contributed by atoms with E-state index in [2.05, 4.69) is 47.4 Å². The summed E-state index contributed by atoms with van der Waals surface area (Å²) in [5.41, 5.74) is 5.96. The van der Waals surface area contributed by atoms with Crippen molar-refractivity contribution in [3.05, 3.63) is 48.5 Å². The summed E-state index contributed by atoms with van der Waals surface area (Å²) in [5.74, 6) is 1.07. The van der Waals surface area contributed by atoms with Gasteiger partial charge in [-0.2, -0.15) is 0 Å². The lowest BCUT2D eigenvalue weighted by Crippen LogP contribution is -2.40. The van der Waals surface area contributed by atoms with Crippen molar-refractivity contribution in [3.63, 3.8) is 0 Å². The number of nitrogens with two attached hydrogens (primary N) is 1. The zero-order chi connectivity index (χ0) is 13.8. The lowest BCUT2D eigenvalue weighted by Gasteiger charge is -2.31. The second-order valence-electron chi connectivity index (χ2n) is 5.07. The van der Waals surface area contributed by atoms with Gasteiger partial charge in [0.25, 0.3) is 0 Å². The maximum absolute atomic E-state index is 5.96. The molecule has 0 amide bonds. The van der Waals surface area contributed by atoms with Crippen LogP contribution in [0.2, 0.25) is 0 Å². The third kappa shape index (κ3) is 4.37. The quantitative estimate of drug-likeness (QED) is 0.938. The van der Waals surface area contributed by atoms with Crippen molar-refractivity contribution < 1.29 is 0 Å². The highest BCUT2D eigenvalue weighted by Crippen LogP contribution is 2.27. The number of benzene rings is 1. The van der Waals surface area contributed by atoms with E-state index in [9.17, 15) is 0 Å². The van der Waals surface area contributed by atoms with E-state index in [1.165, 1.54) is 4.90 Å². The average molecular weight is 322 g/mol. The molecular formula is C16H20ClN3S. The standard InChI is InChI=1S/C16H19N3S.ClH/c17-13-9-11-19(12-10-13)15-7-4-8-16(18-15)20-14-5-2-1-3-6-14;/h1-8,13H,9-12,17H2;1H. The van der Waals surface area contributed by atoms with Crippen LogP contribution in [0.4, 0.5) is 5.82 Å². The van der Waals surface area contributed by atoms with Gasteiger partial charge in [0.2, 0.25) is 0 Å². The van der Waals surface area contributed by atoms with Crippen molar-refractivity contribution >= 4 is 30.0 Å². The maximum atomic E-state index is 5.96. The first kappa shape index (κ1) is 16.1. The van der Waals surface area contributed by atoms with E-state index in [4.69, 9.17) is 10.7 Å². The van der Waals surface area contributed by atoms with Gasteiger partial charge in [-0.05, 0) is 37.1 Å². The summed E-state index contributed by atoms with van der Waals surface area (Å²) in [7, 11) is 0. The number of anilines is 1. The molecule has 0 unspecified atom stereocenters. The van der Waals surface area contributed by atoms with Crippen LogP contribution in [0.1, 0.15) is 12.8 Å². The minimum atomic E-state index is 0. The Morgan fingerprint density at radius 1 is 1.00 bits per heavy atom. The zero-order valence-electron chi connectivity index (χ0n) is 11.8. The summed E-state index contributed by atoms with van der Waals surface area (Å²) in [5, 5.41) is 1.04. The Labute approximate surface area is 136 Å².